The number of amides is 1. The average molecular weight is 330 g/mol. The van der Waals surface area contributed by atoms with Crippen molar-refractivity contribution in [3.63, 3.8) is 0 Å². The molecule has 1 amide bonds. The van der Waals surface area contributed by atoms with Gasteiger partial charge in [0.1, 0.15) is 0 Å². The second-order valence-electron chi connectivity index (χ2n) is 6.32. The number of hydrogen-bond donors (Lipinski definition) is 1. The predicted octanol–water partition coefficient (Wildman–Crippen LogP) is 2.10. The number of aromatic amines is 1. The zero-order valence-corrected chi connectivity index (χ0v) is 14.0. The number of carbonyl (C=O) groups excluding carboxylic acids is 1. The van der Waals surface area contributed by atoms with Crippen molar-refractivity contribution in [1.29, 1.82) is 0 Å². The van der Waals surface area contributed by atoms with Gasteiger partial charge in [0.25, 0.3) is 0 Å². The summed E-state index contributed by atoms with van der Waals surface area (Å²) >= 11 is 1.95. The summed E-state index contributed by atoms with van der Waals surface area (Å²) in [6.45, 7) is 3.63. The number of carbonyl (C=O) groups is 1. The fourth-order valence-electron chi connectivity index (χ4n) is 3.67. The van der Waals surface area contributed by atoms with Gasteiger partial charge >= 0.3 is 0 Å². The highest BCUT2D eigenvalue weighted by Gasteiger charge is 2.34. The molecular formula is C17H22N4OS. The van der Waals surface area contributed by atoms with Crippen LogP contribution in [0.15, 0.2) is 24.4 Å². The van der Waals surface area contributed by atoms with Gasteiger partial charge in [0, 0.05) is 36.5 Å². The molecule has 2 saturated heterocycles. The molecule has 0 bridgehead atoms. The van der Waals surface area contributed by atoms with Gasteiger partial charge in [-0.05, 0) is 24.9 Å². The van der Waals surface area contributed by atoms with E-state index in [9.17, 15) is 4.79 Å². The van der Waals surface area contributed by atoms with Crippen molar-refractivity contribution in [2.24, 2.45) is 0 Å². The third-order valence-electron chi connectivity index (χ3n) is 4.91. The fraction of sp³-hybridized carbons (Fsp3) is 0.529. The van der Waals surface area contributed by atoms with Gasteiger partial charge in [0.15, 0.2) is 0 Å². The van der Waals surface area contributed by atoms with Gasteiger partial charge < -0.3 is 4.90 Å². The van der Waals surface area contributed by atoms with Crippen LogP contribution >= 0.6 is 11.8 Å². The van der Waals surface area contributed by atoms with E-state index in [1.54, 1.807) is 0 Å². The summed E-state index contributed by atoms with van der Waals surface area (Å²) < 4.78 is 0. The maximum absolute atomic E-state index is 12.9. The molecule has 122 valence electrons. The number of aromatic nitrogens is 2. The van der Waals surface area contributed by atoms with Crippen molar-refractivity contribution in [1.82, 2.24) is 20.0 Å². The first-order valence-electron chi connectivity index (χ1n) is 8.34. The minimum atomic E-state index is 0.0521. The predicted molar refractivity (Wildman–Crippen MR) is 93.4 cm³/mol. The number of rotatable bonds is 3. The molecule has 2 fully saturated rings. The SMILES string of the molecule is O=C(C1CCCN1Cc1cccc2cn[nH]c12)N1CCSCC1. The van der Waals surface area contributed by atoms with E-state index in [1.807, 2.05) is 18.0 Å². The van der Waals surface area contributed by atoms with Crippen LogP contribution in [0.2, 0.25) is 0 Å². The van der Waals surface area contributed by atoms with Crippen LogP contribution in [0.4, 0.5) is 0 Å². The molecule has 2 aromatic rings. The van der Waals surface area contributed by atoms with Crippen LogP contribution in [0.1, 0.15) is 18.4 Å². The first-order chi connectivity index (χ1) is 11.3. The Labute approximate surface area is 140 Å². The lowest BCUT2D eigenvalue weighted by molar-refractivity contribution is -0.135. The first-order valence-corrected chi connectivity index (χ1v) is 9.50. The number of para-hydroxylation sites is 1. The van der Waals surface area contributed by atoms with Crippen molar-refractivity contribution in [3.05, 3.63) is 30.0 Å². The molecule has 6 heteroatoms. The summed E-state index contributed by atoms with van der Waals surface area (Å²) in [5.41, 5.74) is 2.33. The maximum Gasteiger partial charge on any atom is 0.239 e. The van der Waals surface area contributed by atoms with Crippen LogP contribution in [0.3, 0.4) is 0 Å². The Bertz CT molecular complexity index is 695. The zero-order chi connectivity index (χ0) is 15.6. The van der Waals surface area contributed by atoms with E-state index in [-0.39, 0.29) is 6.04 Å². The third kappa shape index (κ3) is 2.97. The van der Waals surface area contributed by atoms with Crippen molar-refractivity contribution < 1.29 is 4.79 Å². The third-order valence-corrected chi connectivity index (χ3v) is 5.85. The number of H-pyrrole nitrogens is 1. The van der Waals surface area contributed by atoms with E-state index in [1.165, 1.54) is 5.56 Å². The number of benzene rings is 1. The maximum atomic E-state index is 12.9. The van der Waals surface area contributed by atoms with Gasteiger partial charge in [0.2, 0.25) is 5.91 Å². The minimum Gasteiger partial charge on any atom is -0.340 e. The molecule has 0 radical (unpaired) electrons. The van der Waals surface area contributed by atoms with Crippen LogP contribution in [0.5, 0.6) is 0 Å². The molecule has 4 rings (SSSR count). The highest BCUT2D eigenvalue weighted by atomic mass is 32.2. The number of likely N-dealkylation sites (tertiary alicyclic amines) is 1. The lowest BCUT2D eigenvalue weighted by Crippen LogP contribution is -2.48. The monoisotopic (exact) mass is 330 g/mol. The summed E-state index contributed by atoms with van der Waals surface area (Å²) in [4.78, 5) is 17.3. The quantitative estimate of drug-likeness (QED) is 0.936. The molecule has 1 aromatic carbocycles. The van der Waals surface area contributed by atoms with Gasteiger partial charge in [-0.3, -0.25) is 14.8 Å². The van der Waals surface area contributed by atoms with Gasteiger partial charge in [0.05, 0.1) is 17.8 Å². The fourth-order valence-corrected chi connectivity index (χ4v) is 4.57. The average Bonchev–Trinajstić information content (AvgIpc) is 3.24. The largest absolute Gasteiger partial charge is 0.340 e. The van der Waals surface area contributed by atoms with Crippen molar-refractivity contribution in [3.8, 4) is 0 Å². The number of hydrogen-bond acceptors (Lipinski definition) is 4. The first kappa shape index (κ1) is 15.0. The van der Waals surface area contributed by atoms with Gasteiger partial charge in [-0.1, -0.05) is 18.2 Å². The van der Waals surface area contributed by atoms with Gasteiger partial charge in [-0.2, -0.15) is 16.9 Å². The summed E-state index contributed by atoms with van der Waals surface area (Å²) in [6, 6.07) is 6.33. The molecule has 1 aromatic heterocycles. The van der Waals surface area contributed by atoms with Gasteiger partial charge in [-0.25, -0.2) is 0 Å². The highest BCUT2D eigenvalue weighted by molar-refractivity contribution is 7.99. The van der Waals surface area contributed by atoms with Crippen molar-refractivity contribution >= 4 is 28.6 Å². The standard InChI is InChI=1S/C17H22N4OS/c22-17(20-7-9-23-10-8-20)15-5-2-6-21(15)12-14-4-1-3-13-11-18-19-16(13)14/h1,3-4,11,15H,2,5-10,12H2,(H,18,19). The second-order valence-corrected chi connectivity index (χ2v) is 7.54. The smallest absolute Gasteiger partial charge is 0.239 e. The molecule has 0 spiro atoms. The number of fused-ring (bicyclic) bond motifs is 1. The van der Waals surface area contributed by atoms with Crippen LogP contribution in [-0.4, -0.2) is 63.1 Å². The number of nitrogens with zero attached hydrogens (tertiary/aromatic N) is 3. The van der Waals surface area contributed by atoms with Gasteiger partial charge in [-0.15, -0.1) is 0 Å². The topological polar surface area (TPSA) is 52.2 Å². The molecule has 5 nitrogen and oxygen atoms in total. The van der Waals surface area contributed by atoms with Crippen LogP contribution in [-0.2, 0) is 11.3 Å². The molecule has 1 unspecified atom stereocenters. The molecule has 1 N–H and O–H groups in total. The molecule has 3 heterocycles. The van der Waals surface area contributed by atoms with E-state index in [0.717, 1.165) is 61.4 Å². The molecule has 1 atom stereocenters. The number of nitrogens with one attached hydrogen (secondary N) is 1. The molecule has 2 aliphatic heterocycles. The zero-order valence-electron chi connectivity index (χ0n) is 13.2. The van der Waals surface area contributed by atoms with E-state index in [4.69, 9.17) is 0 Å². The summed E-state index contributed by atoms with van der Waals surface area (Å²) in [7, 11) is 0. The summed E-state index contributed by atoms with van der Waals surface area (Å²) in [6.07, 6.45) is 3.95. The lowest BCUT2D eigenvalue weighted by Gasteiger charge is -2.32. The van der Waals surface area contributed by atoms with Crippen LogP contribution in [0.25, 0.3) is 10.9 Å². The Morgan fingerprint density at radius 3 is 3.04 bits per heavy atom. The Kier molecular flexibility index (Phi) is 4.27. The van der Waals surface area contributed by atoms with E-state index >= 15 is 0 Å². The van der Waals surface area contributed by atoms with E-state index < -0.39 is 0 Å². The Balaban J connectivity index is 1.51. The van der Waals surface area contributed by atoms with Crippen molar-refractivity contribution in [2.45, 2.75) is 25.4 Å². The van der Waals surface area contributed by atoms with Crippen molar-refractivity contribution in [2.75, 3.05) is 31.1 Å². The van der Waals surface area contributed by atoms with E-state index in [2.05, 4.69) is 38.2 Å². The highest BCUT2D eigenvalue weighted by Crippen LogP contribution is 2.25. The second kappa shape index (κ2) is 6.53. The molecule has 2 aliphatic rings. The summed E-state index contributed by atoms with van der Waals surface area (Å²) in [5.74, 6) is 2.48. The Morgan fingerprint density at radius 2 is 2.17 bits per heavy atom. The number of thioether (sulfide) groups is 1. The molecule has 0 saturated carbocycles. The summed E-state index contributed by atoms with van der Waals surface area (Å²) in [5, 5.41) is 8.37. The van der Waals surface area contributed by atoms with Crippen LogP contribution in [0, 0.1) is 0 Å². The Hall–Kier alpha value is -1.53. The van der Waals surface area contributed by atoms with E-state index in [0.29, 0.717) is 5.91 Å². The normalized spacial score (nSPS) is 22.8. The molecule has 23 heavy (non-hydrogen) atoms. The Morgan fingerprint density at radius 1 is 1.30 bits per heavy atom. The minimum absolute atomic E-state index is 0.0521. The molecule has 0 aliphatic carbocycles. The lowest BCUT2D eigenvalue weighted by atomic mass is 10.1. The van der Waals surface area contributed by atoms with Crippen LogP contribution < -0.4 is 0 Å². The molecular weight excluding hydrogens is 308 g/mol.